The second-order valence-corrected chi connectivity index (χ2v) is 4.43. The predicted octanol–water partition coefficient (Wildman–Crippen LogP) is 1.51. The topological polar surface area (TPSA) is 68.2 Å². The highest BCUT2D eigenvalue weighted by Gasteiger charge is 2.27. The van der Waals surface area contributed by atoms with Crippen molar-refractivity contribution in [2.24, 2.45) is 5.84 Å². The van der Waals surface area contributed by atoms with Crippen molar-refractivity contribution < 1.29 is 0 Å². The molecule has 1 aliphatic carbocycles. The minimum absolute atomic E-state index is 0.632. The Morgan fingerprint density at radius 1 is 1.44 bits per heavy atom. The highest BCUT2D eigenvalue weighted by molar-refractivity contribution is 5.55. The van der Waals surface area contributed by atoms with Gasteiger partial charge in [0, 0.05) is 23.2 Å². The third kappa shape index (κ3) is 1.28. The maximum Gasteiger partial charge on any atom is 0.157 e. The number of nitrogens with zero attached hydrogens (tertiary/aromatic N) is 3. The first kappa shape index (κ1) is 9.59. The van der Waals surface area contributed by atoms with Crippen molar-refractivity contribution in [1.29, 1.82) is 0 Å². The normalized spacial score (nSPS) is 15.7. The number of anilines is 1. The van der Waals surface area contributed by atoms with E-state index >= 15 is 0 Å². The molecule has 0 radical (unpaired) electrons. The minimum atomic E-state index is 0.632. The lowest BCUT2D eigenvalue weighted by atomic mass is 10.2. The van der Waals surface area contributed by atoms with E-state index in [0.29, 0.717) is 5.92 Å². The Kier molecular flexibility index (Phi) is 1.91. The summed E-state index contributed by atoms with van der Waals surface area (Å²) < 4.78 is 1.80. The van der Waals surface area contributed by atoms with E-state index in [1.807, 2.05) is 13.8 Å². The molecule has 0 aliphatic heterocycles. The first-order valence-corrected chi connectivity index (χ1v) is 5.54. The van der Waals surface area contributed by atoms with E-state index in [-0.39, 0.29) is 0 Å². The molecule has 1 fully saturated rings. The number of hydrogen-bond donors (Lipinski definition) is 2. The highest BCUT2D eigenvalue weighted by atomic mass is 15.4. The summed E-state index contributed by atoms with van der Waals surface area (Å²) in [6.45, 7) is 3.98. The molecular weight excluding hydrogens is 202 g/mol. The van der Waals surface area contributed by atoms with Gasteiger partial charge < -0.3 is 5.43 Å². The standard InChI is InChI=1S/C11H15N5/c1-6-7(2)13-10-5-9(8-3-4-8)15-16(10)11(6)14-12/h5,8,14H,3-4,12H2,1-2H3. The number of nitrogen functional groups attached to an aromatic ring is 1. The van der Waals surface area contributed by atoms with E-state index in [0.717, 1.165) is 28.4 Å². The van der Waals surface area contributed by atoms with Crippen LogP contribution >= 0.6 is 0 Å². The molecular formula is C11H15N5. The average Bonchev–Trinajstić information content (AvgIpc) is 3.03. The molecule has 0 atom stereocenters. The Hall–Kier alpha value is -1.62. The molecule has 5 nitrogen and oxygen atoms in total. The number of fused-ring (bicyclic) bond motifs is 1. The Balaban J connectivity index is 2.27. The molecule has 0 saturated heterocycles. The van der Waals surface area contributed by atoms with Crippen LogP contribution in [0.2, 0.25) is 0 Å². The molecule has 2 aromatic heterocycles. The third-order valence-corrected chi connectivity index (χ3v) is 3.23. The van der Waals surface area contributed by atoms with Crippen LogP contribution in [0.25, 0.3) is 5.65 Å². The molecule has 1 aliphatic rings. The summed E-state index contributed by atoms with van der Waals surface area (Å²) in [7, 11) is 0. The van der Waals surface area contributed by atoms with Gasteiger partial charge in [0.2, 0.25) is 0 Å². The third-order valence-electron chi connectivity index (χ3n) is 3.23. The molecule has 2 aromatic rings. The number of nitrogens with two attached hydrogens (primary N) is 1. The monoisotopic (exact) mass is 217 g/mol. The molecule has 0 bridgehead atoms. The number of hydrogen-bond acceptors (Lipinski definition) is 4. The van der Waals surface area contributed by atoms with Crippen molar-refractivity contribution in [2.75, 3.05) is 5.43 Å². The lowest BCUT2D eigenvalue weighted by molar-refractivity contribution is 0.869. The van der Waals surface area contributed by atoms with Crippen molar-refractivity contribution in [3.05, 3.63) is 23.0 Å². The van der Waals surface area contributed by atoms with E-state index in [9.17, 15) is 0 Å². The van der Waals surface area contributed by atoms with Gasteiger partial charge in [0.15, 0.2) is 5.65 Å². The van der Waals surface area contributed by atoms with Crippen molar-refractivity contribution in [1.82, 2.24) is 14.6 Å². The molecule has 3 rings (SSSR count). The Morgan fingerprint density at radius 3 is 2.81 bits per heavy atom. The Morgan fingerprint density at radius 2 is 2.19 bits per heavy atom. The summed E-state index contributed by atoms with van der Waals surface area (Å²) in [4.78, 5) is 4.52. The van der Waals surface area contributed by atoms with Crippen LogP contribution in [0.5, 0.6) is 0 Å². The second-order valence-electron chi connectivity index (χ2n) is 4.43. The van der Waals surface area contributed by atoms with Crippen LogP contribution in [-0.2, 0) is 0 Å². The zero-order valence-corrected chi connectivity index (χ0v) is 9.49. The molecule has 0 unspecified atom stereocenters. The highest BCUT2D eigenvalue weighted by Crippen LogP contribution is 2.39. The largest absolute Gasteiger partial charge is 0.308 e. The summed E-state index contributed by atoms with van der Waals surface area (Å²) >= 11 is 0. The SMILES string of the molecule is Cc1nc2cc(C3CC3)nn2c(NN)c1C. The van der Waals surface area contributed by atoms with Gasteiger partial charge in [-0.25, -0.2) is 10.8 Å². The number of nitrogens with one attached hydrogen (secondary N) is 1. The lowest BCUT2D eigenvalue weighted by Crippen LogP contribution is -2.14. The van der Waals surface area contributed by atoms with Gasteiger partial charge in [0.25, 0.3) is 0 Å². The molecule has 0 aromatic carbocycles. The maximum atomic E-state index is 5.55. The Bertz CT molecular complexity index is 553. The van der Waals surface area contributed by atoms with Crippen LogP contribution in [0, 0.1) is 13.8 Å². The van der Waals surface area contributed by atoms with Crippen molar-refractivity contribution >= 4 is 11.5 Å². The molecule has 2 heterocycles. The summed E-state index contributed by atoms with van der Waals surface area (Å²) in [6, 6.07) is 2.06. The molecule has 84 valence electrons. The van der Waals surface area contributed by atoms with Gasteiger partial charge in [-0.05, 0) is 26.7 Å². The number of hydrazine groups is 1. The zero-order chi connectivity index (χ0) is 11.3. The quantitative estimate of drug-likeness (QED) is 0.591. The fourth-order valence-corrected chi connectivity index (χ4v) is 1.97. The van der Waals surface area contributed by atoms with Gasteiger partial charge >= 0.3 is 0 Å². The van der Waals surface area contributed by atoms with Crippen molar-refractivity contribution in [2.45, 2.75) is 32.6 Å². The van der Waals surface area contributed by atoms with Gasteiger partial charge in [-0.1, -0.05) is 0 Å². The van der Waals surface area contributed by atoms with Gasteiger partial charge in [-0.15, -0.1) is 0 Å². The van der Waals surface area contributed by atoms with Crippen LogP contribution in [0.1, 0.15) is 35.7 Å². The fraction of sp³-hybridized carbons (Fsp3) is 0.455. The zero-order valence-electron chi connectivity index (χ0n) is 9.49. The fourth-order valence-electron chi connectivity index (χ4n) is 1.97. The molecule has 3 N–H and O–H groups in total. The van der Waals surface area contributed by atoms with Crippen molar-refractivity contribution in [3.63, 3.8) is 0 Å². The second kappa shape index (κ2) is 3.18. The van der Waals surface area contributed by atoms with Crippen LogP contribution in [0.15, 0.2) is 6.07 Å². The lowest BCUT2D eigenvalue weighted by Gasteiger charge is -2.09. The Labute approximate surface area is 93.6 Å². The molecule has 0 amide bonds. The van der Waals surface area contributed by atoms with E-state index in [2.05, 4.69) is 21.6 Å². The molecule has 0 spiro atoms. The van der Waals surface area contributed by atoms with Gasteiger partial charge in [0.05, 0.1) is 5.69 Å². The summed E-state index contributed by atoms with van der Waals surface area (Å²) in [6.07, 6.45) is 2.49. The maximum absolute atomic E-state index is 5.55. The summed E-state index contributed by atoms with van der Waals surface area (Å²) in [5.74, 6) is 7.01. The molecule has 5 heteroatoms. The number of aryl methyl sites for hydroxylation is 1. The van der Waals surface area contributed by atoms with E-state index in [1.54, 1.807) is 4.52 Å². The first-order valence-electron chi connectivity index (χ1n) is 5.54. The van der Waals surface area contributed by atoms with Crippen molar-refractivity contribution in [3.8, 4) is 0 Å². The van der Waals surface area contributed by atoms with Gasteiger partial charge in [-0.2, -0.15) is 9.61 Å². The predicted molar refractivity (Wildman–Crippen MR) is 62.2 cm³/mol. The van der Waals surface area contributed by atoms with Crippen LogP contribution in [0.4, 0.5) is 5.82 Å². The molecule has 1 saturated carbocycles. The van der Waals surface area contributed by atoms with E-state index in [4.69, 9.17) is 5.84 Å². The number of aromatic nitrogens is 3. The van der Waals surface area contributed by atoms with E-state index < -0.39 is 0 Å². The minimum Gasteiger partial charge on any atom is -0.308 e. The van der Waals surface area contributed by atoms with Gasteiger partial charge in [-0.3, -0.25) is 0 Å². The first-order chi connectivity index (χ1) is 7.70. The average molecular weight is 217 g/mol. The van der Waals surface area contributed by atoms with E-state index in [1.165, 1.54) is 12.8 Å². The van der Waals surface area contributed by atoms with Gasteiger partial charge in [0.1, 0.15) is 5.82 Å². The van der Waals surface area contributed by atoms with Crippen LogP contribution in [-0.4, -0.2) is 14.6 Å². The smallest absolute Gasteiger partial charge is 0.157 e. The summed E-state index contributed by atoms with van der Waals surface area (Å²) in [5, 5.41) is 4.56. The van der Waals surface area contributed by atoms with Crippen LogP contribution in [0.3, 0.4) is 0 Å². The van der Waals surface area contributed by atoms with Crippen LogP contribution < -0.4 is 11.3 Å². The molecule has 16 heavy (non-hydrogen) atoms. The number of rotatable bonds is 2. The summed E-state index contributed by atoms with van der Waals surface area (Å²) in [5.41, 5.74) is 6.75.